The van der Waals surface area contributed by atoms with Gasteiger partial charge in [-0.1, -0.05) is 69.5 Å². The molecule has 34 heavy (non-hydrogen) atoms. The highest BCUT2D eigenvalue weighted by molar-refractivity contribution is 5.90. The van der Waals surface area contributed by atoms with Crippen LogP contribution in [0.15, 0.2) is 48.5 Å². The summed E-state index contributed by atoms with van der Waals surface area (Å²) in [5, 5.41) is 3.14. The highest BCUT2D eigenvalue weighted by atomic mass is 16.1. The molecule has 0 saturated heterocycles. The Bertz CT molecular complexity index is 1130. The minimum absolute atomic E-state index is 0.0437. The molecule has 2 aromatic carbocycles. The van der Waals surface area contributed by atoms with Gasteiger partial charge in [-0.2, -0.15) is 0 Å². The van der Waals surface area contributed by atoms with Crippen LogP contribution in [0.2, 0.25) is 0 Å². The normalized spacial score (nSPS) is 13.1. The van der Waals surface area contributed by atoms with E-state index in [1.54, 1.807) is 0 Å². The molecule has 0 fully saturated rings. The van der Waals surface area contributed by atoms with Crippen molar-refractivity contribution in [3.63, 3.8) is 0 Å². The van der Waals surface area contributed by atoms with Gasteiger partial charge in [0.1, 0.15) is 0 Å². The van der Waals surface area contributed by atoms with Crippen molar-refractivity contribution in [3.8, 4) is 11.3 Å². The van der Waals surface area contributed by atoms with Gasteiger partial charge in [-0.15, -0.1) is 0 Å². The third-order valence-corrected chi connectivity index (χ3v) is 6.82. The molecule has 0 aliphatic heterocycles. The monoisotopic (exact) mass is 456 g/mol. The first-order valence-electron chi connectivity index (χ1n) is 12.7. The van der Waals surface area contributed by atoms with E-state index in [4.69, 9.17) is 15.7 Å². The van der Waals surface area contributed by atoms with Gasteiger partial charge in [0.05, 0.1) is 17.1 Å². The molecule has 0 saturated carbocycles. The van der Waals surface area contributed by atoms with Crippen LogP contribution >= 0.6 is 0 Å². The molecule has 3 N–H and O–H groups in total. The van der Waals surface area contributed by atoms with E-state index in [-0.39, 0.29) is 5.91 Å². The molecule has 1 atom stereocenters. The Morgan fingerprint density at radius 3 is 2.65 bits per heavy atom. The molecule has 1 aliphatic carbocycles. The molecule has 1 aromatic heterocycles. The van der Waals surface area contributed by atoms with Crippen LogP contribution in [0.25, 0.3) is 11.3 Å². The maximum atomic E-state index is 13.0. The summed E-state index contributed by atoms with van der Waals surface area (Å²) in [6.07, 6.45) is 8.22. The van der Waals surface area contributed by atoms with Crippen LogP contribution in [-0.2, 0) is 30.5 Å². The van der Waals surface area contributed by atoms with Gasteiger partial charge in [-0.25, -0.2) is 9.97 Å². The van der Waals surface area contributed by atoms with Crippen LogP contribution in [0.3, 0.4) is 0 Å². The summed E-state index contributed by atoms with van der Waals surface area (Å²) in [5.41, 5.74) is 13.1. The molecule has 5 nitrogen and oxygen atoms in total. The number of rotatable bonds is 10. The fraction of sp³-hybridized carbons (Fsp3) is 0.414. The predicted octanol–water partition coefficient (Wildman–Crippen LogP) is 6.15. The van der Waals surface area contributed by atoms with Crippen molar-refractivity contribution in [1.29, 1.82) is 0 Å². The van der Waals surface area contributed by atoms with E-state index in [2.05, 4.69) is 49.5 Å². The minimum atomic E-state index is 0.0437. The lowest BCUT2D eigenvalue weighted by atomic mass is 9.91. The van der Waals surface area contributed by atoms with Crippen LogP contribution < -0.4 is 11.1 Å². The van der Waals surface area contributed by atoms with Gasteiger partial charge >= 0.3 is 0 Å². The maximum Gasteiger partial charge on any atom is 0.225 e. The van der Waals surface area contributed by atoms with E-state index in [1.807, 2.05) is 18.2 Å². The van der Waals surface area contributed by atoms with E-state index in [9.17, 15) is 4.79 Å². The van der Waals surface area contributed by atoms with E-state index >= 15 is 0 Å². The number of carbonyl (C=O) groups is 1. The number of unbranched alkanes of at least 4 members (excludes halogenated alkanes) is 1. The maximum absolute atomic E-state index is 13.0. The molecule has 0 radical (unpaired) electrons. The molecule has 3 aromatic rings. The van der Waals surface area contributed by atoms with Gasteiger partial charge in [0.25, 0.3) is 0 Å². The molecular weight excluding hydrogens is 420 g/mol. The van der Waals surface area contributed by atoms with E-state index in [0.717, 1.165) is 79.7 Å². The minimum Gasteiger partial charge on any atom is -0.399 e. The third kappa shape index (κ3) is 5.82. The fourth-order valence-electron chi connectivity index (χ4n) is 4.77. The van der Waals surface area contributed by atoms with Gasteiger partial charge in [0.2, 0.25) is 5.91 Å². The van der Waals surface area contributed by atoms with Crippen molar-refractivity contribution in [2.24, 2.45) is 5.92 Å². The lowest BCUT2D eigenvalue weighted by Crippen LogP contribution is -2.21. The first-order valence-corrected chi connectivity index (χ1v) is 12.7. The number of fused-ring (bicyclic) bond motifs is 3. The Morgan fingerprint density at radius 1 is 1.06 bits per heavy atom. The lowest BCUT2D eigenvalue weighted by molar-refractivity contribution is -0.117. The predicted molar refractivity (Wildman–Crippen MR) is 140 cm³/mol. The number of nitrogens with zero attached hydrogens (tertiary/aromatic N) is 2. The van der Waals surface area contributed by atoms with Gasteiger partial charge in [-0.05, 0) is 61.3 Å². The van der Waals surface area contributed by atoms with Gasteiger partial charge < -0.3 is 11.1 Å². The summed E-state index contributed by atoms with van der Waals surface area (Å²) in [5.74, 6) is 1.08. The second kappa shape index (κ2) is 11.3. The summed E-state index contributed by atoms with van der Waals surface area (Å²) >= 11 is 0. The third-order valence-electron chi connectivity index (χ3n) is 6.82. The number of anilines is 2. The summed E-state index contributed by atoms with van der Waals surface area (Å²) in [7, 11) is 0. The molecule has 1 aliphatic rings. The highest BCUT2D eigenvalue weighted by Crippen LogP contribution is 2.34. The number of nitrogens with two attached hydrogens (primary N) is 1. The number of hydrogen-bond acceptors (Lipinski definition) is 4. The van der Waals surface area contributed by atoms with Crippen molar-refractivity contribution < 1.29 is 4.79 Å². The summed E-state index contributed by atoms with van der Waals surface area (Å²) < 4.78 is 0. The SMILES string of the molecule is CCCCC(CC)CC(=O)Nc1nc2c(nc1CCc1ccccc1)-c1ccc(N)cc1CC2. The van der Waals surface area contributed by atoms with Gasteiger partial charge in [0.15, 0.2) is 5.82 Å². The zero-order chi connectivity index (χ0) is 23.9. The Kier molecular flexibility index (Phi) is 7.94. The topological polar surface area (TPSA) is 80.9 Å². The van der Waals surface area contributed by atoms with Crippen molar-refractivity contribution in [1.82, 2.24) is 9.97 Å². The second-order valence-electron chi connectivity index (χ2n) is 9.39. The summed E-state index contributed by atoms with van der Waals surface area (Å²) in [4.78, 5) is 23.0. The number of aromatic nitrogens is 2. The zero-order valence-electron chi connectivity index (χ0n) is 20.4. The Balaban J connectivity index is 1.61. The van der Waals surface area contributed by atoms with Crippen molar-refractivity contribution >= 4 is 17.4 Å². The van der Waals surface area contributed by atoms with Crippen molar-refractivity contribution in [2.45, 2.75) is 71.6 Å². The molecule has 1 unspecified atom stereocenters. The average molecular weight is 457 g/mol. The van der Waals surface area contributed by atoms with Crippen molar-refractivity contribution in [3.05, 3.63) is 71.0 Å². The zero-order valence-corrected chi connectivity index (χ0v) is 20.4. The number of carbonyl (C=O) groups excluding carboxylic acids is 1. The number of benzene rings is 2. The summed E-state index contributed by atoms with van der Waals surface area (Å²) in [6.45, 7) is 4.36. The number of aryl methyl sites for hydroxylation is 4. The Morgan fingerprint density at radius 2 is 1.88 bits per heavy atom. The van der Waals surface area contributed by atoms with E-state index < -0.39 is 0 Å². The molecule has 1 heterocycles. The quantitative estimate of drug-likeness (QED) is 0.358. The average Bonchev–Trinajstić information content (AvgIpc) is 2.85. The van der Waals surface area contributed by atoms with E-state index in [0.29, 0.717) is 18.2 Å². The number of amides is 1. The molecule has 0 bridgehead atoms. The number of hydrogen-bond donors (Lipinski definition) is 2. The number of nitrogens with one attached hydrogen (secondary N) is 1. The van der Waals surface area contributed by atoms with Crippen LogP contribution in [0.1, 0.15) is 68.5 Å². The highest BCUT2D eigenvalue weighted by Gasteiger charge is 2.23. The van der Waals surface area contributed by atoms with Crippen LogP contribution in [0.5, 0.6) is 0 Å². The second-order valence-corrected chi connectivity index (χ2v) is 9.39. The van der Waals surface area contributed by atoms with Crippen LogP contribution in [0, 0.1) is 5.92 Å². The van der Waals surface area contributed by atoms with Crippen LogP contribution in [0.4, 0.5) is 11.5 Å². The lowest BCUT2D eigenvalue weighted by Gasteiger charge is -2.22. The first kappa shape index (κ1) is 23.9. The van der Waals surface area contributed by atoms with Crippen molar-refractivity contribution in [2.75, 3.05) is 11.1 Å². The standard InChI is InChI=1S/C29H36N4O/c1-3-5-9-20(4-2)18-27(34)33-29-26(16-12-21-10-7-6-8-11-21)31-28-24-15-14-23(30)19-22(24)13-17-25(28)32-29/h6-8,10-11,14-15,19-20H,3-5,9,12-13,16-18,30H2,1-2H3,(H,32,33,34). The first-order chi connectivity index (χ1) is 16.6. The molecule has 5 heteroatoms. The van der Waals surface area contributed by atoms with Gasteiger partial charge in [-0.3, -0.25) is 4.79 Å². The summed E-state index contributed by atoms with van der Waals surface area (Å²) in [6, 6.07) is 16.4. The largest absolute Gasteiger partial charge is 0.399 e. The Labute approximate surface area is 203 Å². The van der Waals surface area contributed by atoms with E-state index in [1.165, 1.54) is 11.1 Å². The smallest absolute Gasteiger partial charge is 0.225 e. The molecule has 1 amide bonds. The van der Waals surface area contributed by atoms with Gasteiger partial charge in [0, 0.05) is 17.7 Å². The Hall–Kier alpha value is -3.21. The molecule has 0 spiro atoms. The fourth-order valence-corrected chi connectivity index (χ4v) is 4.77. The molecular formula is C29H36N4O. The van der Waals surface area contributed by atoms with Crippen LogP contribution in [-0.4, -0.2) is 15.9 Å². The molecule has 178 valence electrons. The molecule has 4 rings (SSSR count). The number of nitrogen functional groups attached to an aromatic ring is 1.